The zero-order chi connectivity index (χ0) is 7.98. The molecule has 3 heteroatoms. The minimum Gasteiger partial charge on any atom is -0.197 e. The van der Waals surface area contributed by atoms with Gasteiger partial charge in [0.15, 0.2) is 0 Å². The van der Waals surface area contributed by atoms with Gasteiger partial charge < -0.3 is 0 Å². The van der Waals surface area contributed by atoms with Crippen molar-refractivity contribution in [2.75, 3.05) is 0 Å². The first-order chi connectivity index (χ1) is 4.70. The number of hydrogen-bond acceptors (Lipinski definition) is 2. The predicted octanol–water partition coefficient (Wildman–Crippen LogP) is 2.21. The van der Waals surface area contributed by atoms with E-state index >= 15 is 0 Å². The van der Waals surface area contributed by atoms with Crippen molar-refractivity contribution in [3.8, 4) is 12.1 Å². The highest BCUT2D eigenvalue weighted by atomic mass is 79.9. The van der Waals surface area contributed by atoms with E-state index < -0.39 is 5.92 Å². The molecule has 0 aromatic heterocycles. The van der Waals surface area contributed by atoms with E-state index in [0.717, 1.165) is 6.42 Å². The fourth-order valence-electron chi connectivity index (χ4n) is 0.554. The first-order valence-electron chi connectivity index (χ1n) is 3.14. The molecular formula is C7H9BrN2. The summed E-state index contributed by atoms with van der Waals surface area (Å²) < 4.78 is 0. The number of halogens is 1. The lowest BCUT2D eigenvalue weighted by atomic mass is 10.1. The minimum atomic E-state index is -0.431. The second-order valence-corrected chi connectivity index (χ2v) is 3.73. The normalized spacial score (nSPS) is 12.1. The molecule has 0 heterocycles. The fourth-order valence-corrected chi connectivity index (χ4v) is 0.819. The molecule has 0 saturated carbocycles. The van der Waals surface area contributed by atoms with E-state index in [2.05, 4.69) is 15.9 Å². The van der Waals surface area contributed by atoms with Crippen LogP contribution in [0.4, 0.5) is 0 Å². The summed E-state index contributed by atoms with van der Waals surface area (Å²) in [4.78, 5) is 0.400. The van der Waals surface area contributed by atoms with Gasteiger partial charge in [0.2, 0.25) is 0 Å². The quantitative estimate of drug-likeness (QED) is 0.657. The Bertz CT molecular complexity index is 149. The molecular weight excluding hydrogens is 192 g/mol. The lowest BCUT2D eigenvalue weighted by Gasteiger charge is -2.00. The lowest BCUT2D eigenvalue weighted by Crippen LogP contribution is -1.97. The molecule has 0 aromatic rings. The molecule has 54 valence electrons. The fraction of sp³-hybridized carbons (Fsp3) is 0.714. The van der Waals surface area contributed by atoms with Gasteiger partial charge in [0.1, 0.15) is 5.92 Å². The Balaban J connectivity index is 3.51. The van der Waals surface area contributed by atoms with Crippen LogP contribution in [0.3, 0.4) is 0 Å². The summed E-state index contributed by atoms with van der Waals surface area (Å²) in [6, 6.07) is 3.85. The van der Waals surface area contributed by atoms with Gasteiger partial charge in [0, 0.05) is 4.83 Å². The number of nitriles is 2. The summed E-state index contributed by atoms with van der Waals surface area (Å²) >= 11 is 3.34. The van der Waals surface area contributed by atoms with Crippen LogP contribution in [0.15, 0.2) is 0 Å². The number of nitrogens with zero attached hydrogens (tertiary/aromatic N) is 2. The van der Waals surface area contributed by atoms with Gasteiger partial charge in [-0.2, -0.15) is 10.5 Å². The van der Waals surface area contributed by atoms with Crippen molar-refractivity contribution in [1.82, 2.24) is 0 Å². The highest BCUT2D eigenvalue weighted by Gasteiger charge is 2.05. The Labute approximate surface area is 69.6 Å². The van der Waals surface area contributed by atoms with Crippen LogP contribution >= 0.6 is 15.9 Å². The number of hydrogen-bond donors (Lipinski definition) is 0. The van der Waals surface area contributed by atoms with E-state index in [1.54, 1.807) is 0 Å². The van der Waals surface area contributed by atoms with Crippen molar-refractivity contribution in [2.24, 2.45) is 5.92 Å². The second-order valence-electron chi connectivity index (χ2n) is 2.17. The minimum absolute atomic E-state index is 0.400. The first kappa shape index (κ1) is 9.46. The third-order valence-electron chi connectivity index (χ3n) is 1.16. The SMILES string of the molecule is CC(Br)CCC(C#N)C#N. The van der Waals surface area contributed by atoms with E-state index in [4.69, 9.17) is 10.5 Å². The molecule has 0 amide bonds. The third-order valence-corrected chi connectivity index (χ3v) is 1.62. The van der Waals surface area contributed by atoms with E-state index in [-0.39, 0.29) is 0 Å². The summed E-state index contributed by atoms with van der Waals surface area (Å²) in [6.07, 6.45) is 1.55. The zero-order valence-electron chi connectivity index (χ0n) is 5.84. The highest BCUT2D eigenvalue weighted by Crippen LogP contribution is 2.11. The largest absolute Gasteiger partial charge is 0.197 e. The van der Waals surface area contributed by atoms with Crippen LogP contribution in [0, 0.1) is 28.6 Å². The van der Waals surface area contributed by atoms with Crippen molar-refractivity contribution >= 4 is 15.9 Å². The van der Waals surface area contributed by atoms with Crippen LogP contribution < -0.4 is 0 Å². The lowest BCUT2D eigenvalue weighted by molar-refractivity contribution is 0.673. The van der Waals surface area contributed by atoms with Gasteiger partial charge in [0.25, 0.3) is 0 Å². The van der Waals surface area contributed by atoms with Crippen LogP contribution in [-0.4, -0.2) is 4.83 Å². The maximum atomic E-state index is 8.35. The molecule has 0 rings (SSSR count). The molecule has 0 radical (unpaired) electrons. The summed E-state index contributed by atoms with van der Waals surface area (Å²) in [6.45, 7) is 2.01. The molecule has 0 fully saturated rings. The van der Waals surface area contributed by atoms with Crippen LogP contribution in [0.1, 0.15) is 19.8 Å². The van der Waals surface area contributed by atoms with Crippen LogP contribution in [0.25, 0.3) is 0 Å². The summed E-state index contributed by atoms with van der Waals surface area (Å²) in [5, 5.41) is 16.7. The standard InChI is InChI=1S/C7H9BrN2/c1-6(8)2-3-7(4-9)5-10/h6-7H,2-3H2,1H3. The topological polar surface area (TPSA) is 47.6 Å². The maximum absolute atomic E-state index is 8.35. The predicted molar refractivity (Wildman–Crippen MR) is 42.3 cm³/mol. The van der Waals surface area contributed by atoms with Gasteiger partial charge >= 0.3 is 0 Å². The summed E-state index contributed by atoms with van der Waals surface area (Å²) in [5.74, 6) is -0.431. The van der Waals surface area contributed by atoms with Gasteiger partial charge in [-0.3, -0.25) is 0 Å². The molecule has 1 atom stereocenters. The van der Waals surface area contributed by atoms with Gasteiger partial charge in [-0.25, -0.2) is 0 Å². The second kappa shape index (κ2) is 5.26. The number of alkyl halides is 1. The van der Waals surface area contributed by atoms with Crippen LogP contribution in [-0.2, 0) is 0 Å². The van der Waals surface area contributed by atoms with Gasteiger partial charge in [-0.15, -0.1) is 0 Å². The Kier molecular flexibility index (Phi) is 4.98. The number of rotatable bonds is 3. The van der Waals surface area contributed by atoms with Crippen molar-refractivity contribution in [2.45, 2.75) is 24.6 Å². The summed E-state index contributed by atoms with van der Waals surface area (Å²) in [7, 11) is 0. The Morgan fingerprint density at radius 3 is 2.10 bits per heavy atom. The molecule has 10 heavy (non-hydrogen) atoms. The summed E-state index contributed by atoms with van der Waals surface area (Å²) in [5.41, 5.74) is 0. The van der Waals surface area contributed by atoms with E-state index in [1.807, 2.05) is 19.1 Å². The van der Waals surface area contributed by atoms with E-state index in [0.29, 0.717) is 11.2 Å². The van der Waals surface area contributed by atoms with E-state index in [1.165, 1.54) is 0 Å². The Hall–Kier alpha value is -0.540. The van der Waals surface area contributed by atoms with Gasteiger partial charge in [0.05, 0.1) is 12.1 Å². The van der Waals surface area contributed by atoms with Crippen LogP contribution in [0.5, 0.6) is 0 Å². The molecule has 0 aliphatic rings. The van der Waals surface area contributed by atoms with E-state index in [9.17, 15) is 0 Å². The molecule has 0 aromatic carbocycles. The molecule has 0 N–H and O–H groups in total. The Morgan fingerprint density at radius 1 is 1.30 bits per heavy atom. The van der Waals surface area contributed by atoms with Gasteiger partial charge in [-0.05, 0) is 12.8 Å². The molecule has 2 nitrogen and oxygen atoms in total. The maximum Gasteiger partial charge on any atom is 0.133 e. The average molecular weight is 201 g/mol. The molecule has 0 saturated heterocycles. The molecule has 0 bridgehead atoms. The highest BCUT2D eigenvalue weighted by molar-refractivity contribution is 9.09. The monoisotopic (exact) mass is 200 g/mol. The first-order valence-corrected chi connectivity index (χ1v) is 4.05. The van der Waals surface area contributed by atoms with Crippen LogP contribution in [0.2, 0.25) is 0 Å². The third kappa shape index (κ3) is 4.35. The van der Waals surface area contributed by atoms with Gasteiger partial charge in [-0.1, -0.05) is 22.9 Å². The van der Waals surface area contributed by atoms with Crippen molar-refractivity contribution in [3.05, 3.63) is 0 Å². The average Bonchev–Trinajstić information content (AvgIpc) is 1.90. The molecule has 0 aliphatic carbocycles. The van der Waals surface area contributed by atoms with Crippen molar-refractivity contribution in [1.29, 1.82) is 10.5 Å². The Morgan fingerprint density at radius 2 is 1.80 bits per heavy atom. The molecule has 0 spiro atoms. The molecule has 1 unspecified atom stereocenters. The molecule has 0 aliphatic heterocycles. The van der Waals surface area contributed by atoms with Crippen molar-refractivity contribution in [3.63, 3.8) is 0 Å². The smallest absolute Gasteiger partial charge is 0.133 e. The zero-order valence-corrected chi connectivity index (χ0v) is 7.43. The van der Waals surface area contributed by atoms with Crippen molar-refractivity contribution < 1.29 is 0 Å².